The highest BCUT2D eigenvalue weighted by atomic mass is 16.6. The summed E-state index contributed by atoms with van der Waals surface area (Å²) in [5.74, 6) is -1.40. The van der Waals surface area contributed by atoms with Crippen LogP contribution < -0.4 is 0 Å². The van der Waals surface area contributed by atoms with Crippen LogP contribution in [0.25, 0.3) is 0 Å². The Morgan fingerprint density at radius 3 is 1.63 bits per heavy atom. The number of carbonyl (C=O) groups is 2. The number of rotatable bonds is 10. The van der Waals surface area contributed by atoms with E-state index < -0.39 is 17.9 Å². The first kappa shape index (κ1) is 17.9. The predicted octanol–water partition coefficient (Wildman–Crippen LogP) is 3.34. The van der Waals surface area contributed by atoms with E-state index in [-0.39, 0.29) is 5.92 Å². The van der Waals surface area contributed by atoms with E-state index in [4.69, 9.17) is 9.47 Å². The Kier molecular flexibility index (Phi) is 10.2. The highest BCUT2D eigenvalue weighted by Crippen LogP contribution is 2.16. The standard InChI is InChI=1S/C15H28O4/c1-5-7-9-18-14(16)13(11-12(3)4)15(17)19-10-8-6-2/h12-13H,5-11H2,1-4H3. The predicted molar refractivity (Wildman–Crippen MR) is 74.7 cm³/mol. The van der Waals surface area contributed by atoms with Crippen molar-refractivity contribution in [2.24, 2.45) is 11.8 Å². The van der Waals surface area contributed by atoms with Gasteiger partial charge in [0.1, 0.15) is 0 Å². The van der Waals surface area contributed by atoms with Crippen molar-refractivity contribution in [2.75, 3.05) is 13.2 Å². The first-order valence-electron chi connectivity index (χ1n) is 7.36. The molecule has 0 aromatic carbocycles. The molecule has 0 saturated heterocycles. The van der Waals surface area contributed by atoms with Gasteiger partial charge in [0.05, 0.1) is 13.2 Å². The van der Waals surface area contributed by atoms with Crippen molar-refractivity contribution in [1.82, 2.24) is 0 Å². The molecule has 0 bridgehead atoms. The Balaban J connectivity index is 4.34. The second kappa shape index (κ2) is 10.8. The van der Waals surface area contributed by atoms with Crippen LogP contribution in [0.4, 0.5) is 0 Å². The summed E-state index contributed by atoms with van der Waals surface area (Å²) in [6.45, 7) is 8.77. The summed E-state index contributed by atoms with van der Waals surface area (Å²) >= 11 is 0. The Labute approximate surface area is 116 Å². The third-order valence-electron chi connectivity index (χ3n) is 2.76. The van der Waals surface area contributed by atoms with Crippen LogP contribution in [0, 0.1) is 11.8 Å². The molecule has 0 aromatic rings. The summed E-state index contributed by atoms with van der Waals surface area (Å²) in [5.41, 5.74) is 0. The number of hydrogen-bond acceptors (Lipinski definition) is 4. The zero-order valence-corrected chi connectivity index (χ0v) is 12.7. The molecular formula is C15H28O4. The highest BCUT2D eigenvalue weighted by molar-refractivity contribution is 5.94. The van der Waals surface area contributed by atoms with E-state index in [1.165, 1.54) is 0 Å². The van der Waals surface area contributed by atoms with Crippen LogP contribution in [-0.2, 0) is 19.1 Å². The van der Waals surface area contributed by atoms with Gasteiger partial charge in [-0.25, -0.2) is 0 Å². The lowest BCUT2D eigenvalue weighted by atomic mass is 9.97. The number of ether oxygens (including phenoxy) is 2. The van der Waals surface area contributed by atoms with E-state index in [9.17, 15) is 9.59 Å². The van der Waals surface area contributed by atoms with Gasteiger partial charge in [0.15, 0.2) is 5.92 Å². The second-order valence-corrected chi connectivity index (χ2v) is 5.22. The molecular weight excluding hydrogens is 244 g/mol. The first-order chi connectivity index (χ1) is 9.02. The highest BCUT2D eigenvalue weighted by Gasteiger charge is 2.30. The SMILES string of the molecule is CCCCOC(=O)C(CC(C)C)C(=O)OCCCC. The van der Waals surface area contributed by atoms with Crippen molar-refractivity contribution < 1.29 is 19.1 Å². The molecule has 0 aliphatic rings. The average molecular weight is 272 g/mol. The van der Waals surface area contributed by atoms with Crippen LogP contribution in [0.1, 0.15) is 59.8 Å². The lowest BCUT2D eigenvalue weighted by molar-refractivity contribution is -0.163. The van der Waals surface area contributed by atoms with Crippen LogP contribution >= 0.6 is 0 Å². The number of unbranched alkanes of at least 4 members (excludes halogenated alkanes) is 2. The van der Waals surface area contributed by atoms with Crippen molar-refractivity contribution in [3.8, 4) is 0 Å². The smallest absolute Gasteiger partial charge is 0.320 e. The van der Waals surface area contributed by atoms with Crippen molar-refractivity contribution >= 4 is 11.9 Å². The monoisotopic (exact) mass is 272 g/mol. The molecule has 0 spiro atoms. The fourth-order valence-electron chi connectivity index (χ4n) is 1.60. The zero-order chi connectivity index (χ0) is 14.7. The third kappa shape index (κ3) is 8.62. The summed E-state index contributed by atoms with van der Waals surface area (Å²) < 4.78 is 10.3. The van der Waals surface area contributed by atoms with Gasteiger partial charge in [-0.2, -0.15) is 0 Å². The summed E-state index contributed by atoms with van der Waals surface area (Å²) in [7, 11) is 0. The molecule has 0 fully saturated rings. The quantitative estimate of drug-likeness (QED) is 0.348. The first-order valence-corrected chi connectivity index (χ1v) is 7.36. The fraction of sp³-hybridized carbons (Fsp3) is 0.867. The van der Waals surface area contributed by atoms with Crippen molar-refractivity contribution in [3.05, 3.63) is 0 Å². The number of esters is 2. The molecule has 0 atom stereocenters. The second-order valence-electron chi connectivity index (χ2n) is 5.22. The maximum atomic E-state index is 11.9. The topological polar surface area (TPSA) is 52.6 Å². The maximum Gasteiger partial charge on any atom is 0.320 e. The van der Waals surface area contributed by atoms with E-state index in [1.807, 2.05) is 27.7 Å². The third-order valence-corrected chi connectivity index (χ3v) is 2.76. The van der Waals surface area contributed by atoms with Gasteiger partial charge in [0.2, 0.25) is 0 Å². The summed E-state index contributed by atoms with van der Waals surface area (Å²) in [6, 6.07) is 0. The van der Waals surface area contributed by atoms with Gasteiger partial charge >= 0.3 is 11.9 Å². The van der Waals surface area contributed by atoms with E-state index in [1.54, 1.807) is 0 Å². The molecule has 19 heavy (non-hydrogen) atoms. The van der Waals surface area contributed by atoms with Crippen LogP contribution in [-0.4, -0.2) is 25.2 Å². The van der Waals surface area contributed by atoms with E-state index in [0.29, 0.717) is 19.6 Å². The van der Waals surface area contributed by atoms with Gasteiger partial charge in [-0.15, -0.1) is 0 Å². The van der Waals surface area contributed by atoms with Gasteiger partial charge < -0.3 is 9.47 Å². The molecule has 4 heteroatoms. The molecule has 0 amide bonds. The van der Waals surface area contributed by atoms with Crippen molar-refractivity contribution in [2.45, 2.75) is 59.8 Å². The fourth-order valence-corrected chi connectivity index (χ4v) is 1.60. The van der Waals surface area contributed by atoms with Crippen LogP contribution in [0.2, 0.25) is 0 Å². The number of carbonyl (C=O) groups excluding carboxylic acids is 2. The largest absolute Gasteiger partial charge is 0.465 e. The molecule has 0 aromatic heterocycles. The minimum atomic E-state index is -0.770. The molecule has 112 valence electrons. The molecule has 0 saturated carbocycles. The minimum absolute atomic E-state index is 0.252. The molecule has 0 aliphatic heterocycles. The molecule has 0 heterocycles. The Hall–Kier alpha value is -1.06. The van der Waals surface area contributed by atoms with Crippen LogP contribution in [0.5, 0.6) is 0 Å². The number of hydrogen-bond donors (Lipinski definition) is 0. The van der Waals surface area contributed by atoms with Gasteiger partial charge in [-0.1, -0.05) is 40.5 Å². The van der Waals surface area contributed by atoms with Gasteiger partial charge in [-0.05, 0) is 25.2 Å². The summed E-state index contributed by atoms with van der Waals surface area (Å²) in [6.07, 6.45) is 4.05. The van der Waals surface area contributed by atoms with Gasteiger partial charge in [0, 0.05) is 0 Å². The molecule has 0 N–H and O–H groups in total. The van der Waals surface area contributed by atoms with E-state index in [0.717, 1.165) is 25.7 Å². The van der Waals surface area contributed by atoms with Gasteiger partial charge in [-0.3, -0.25) is 9.59 Å². The normalized spacial score (nSPS) is 10.8. The Morgan fingerprint density at radius 2 is 1.32 bits per heavy atom. The summed E-state index contributed by atoms with van der Waals surface area (Å²) in [4.78, 5) is 23.8. The Morgan fingerprint density at radius 1 is 0.895 bits per heavy atom. The lowest BCUT2D eigenvalue weighted by Gasteiger charge is -2.16. The zero-order valence-electron chi connectivity index (χ0n) is 12.7. The minimum Gasteiger partial charge on any atom is -0.465 e. The lowest BCUT2D eigenvalue weighted by Crippen LogP contribution is -2.29. The average Bonchev–Trinajstić information content (AvgIpc) is 2.36. The van der Waals surface area contributed by atoms with Gasteiger partial charge in [0.25, 0.3) is 0 Å². The maximum absolute atomic E-state index is 11.9. The van der Waals surface area contributed by atoms with Crippen molar-refractivity contribution in [1.29, 1.82) is 0 Å². The van der Waals surface area contributed by atoms with E-state index >= 15 is 0 Å². The van der Waals surface area contributed by atoms with Crippen LogP contribution in [0.15, 0.2) is 0 Å². The molecule has 4 nitrogen and oxygen atoms in total. The van der Waals surface area contributed by atoms with Crippen molar-refractivity contribution in [3.63, 3.8) is 0 Å². The van der Waals surface area contributed by atoms with E-state index in [2.05, 4.69) is 0 Å². The molecule has 0 unspecified atom stereocenters. The molecule has 0 rings (SSSR count). The summed E-state index contributed by atoms with van der Waals surface area (Å²) in [5, 5.41) is 0. The van der Waals surface area contributed by atoms with Crippen LogP contribution in [0.3, 0.4) is 0 Å². The molecule has 0 aliphatic carbocycles. The molecule has 0 radical (unpaired) electrons. The Bertz CT molecular complexity index is 239.